The van der Waals surface area contributed by atoms with E-state index in [0.717, 1.165) is 18.7 Å². The highest BCUT2D eigenvalue weighted by Gasteiger charge is 2.13. The summed E-state index contributed by atoms with van der Waals surface area (Å²) in [5, 5.41) is 3.97. The molecule has 0 atom stereocenters. The summed E-state index contributed by atoms with van der Waals surface area (Å²) in [6.45, 7) is 5.38. The molecule has 1 heterocycles. The van der Waals surface area contributed by atoms with Crippen molar-refractivity contribution in [3.63, 3.8) is 0 Å². The van der Waals surface area contributed by atoms with Crippen molar-refractivity contribution in [2.24, 2.45) is 5.10 Å². The van der Waals surface area contributed by atoms with Gasteiger partial charge in [-0.3, -0.25) is 9.69 Å². The van der Waals surface area contributed by atoms with Crippen LogP contribution >= 0.6 is 0 Å². The molecule has 1 aromatic rings. The molecule has 0 aromatic heterocycles. The average Bonchev–Trinajstić information content (AvgIpc) is 2.40. The summed E-state index contributed by atoms with van der Waals surface area (Å²) >= 11 is 0. The summed E-state index contributed by atoms with van der Waals surface area (Å²) in [4.78, 5) is 13.7. The second-order valence-electron chi connectivity index (χ2n) is 4.60. The minimum absolute atomic E-state index is 0.0918. The van der Waals surface area contributed by atoms with Gasteiger partial charge in [0.05, 0.1) is 26.0 Å². The monoisotopic (exact) mass is 261 g/mol. The lowest BCUT2D eigenvalue weighted by Crippen LogP contribution is -2.42. The summed E-state index contributed by atoms with van der Waals surface area (Å²) in [5.41, 5.74) is 4.69. The van der Waals surface area contributed by atoms with Crippen LogP contribution in [0.15, 0.2) is 29.4 Å². The summed E-state index contributed by atoms with van der Waals surface area (Å²) < 4.78 is 5.23. The number of nitrogens with one attached hydrogen (secondary N) is 1. The van der Waals surface area contributed by atoms with Gasteiger partial charge in [0.2, 0.25) is 0 Å². The van der Waals surface area contributed by atoms with Crippen LogP contribution < -0.4 is 5.43 Å². The molecule has 0 saturated carbocycles. The molecule has 5 heteroatoms. The maximum absolute atomic E-state index is 11.7. The minimum atomic E-state index is -0.0918. The lowest BCUT2D eigenvalue weighted by atomic mass is 10.2. The molecule has 0 unspecified atom stereocenters. The number of amides is 1. The van der Waals surface area contributed by atoms with Crippen molar-refractivity contribution in [2.75, 3.05) is 32.8 Å². The van der Waals surface area contributed by atoms with Crippen molar-refractivity contribution >= 4 is 12.1 Å². The van der Waals surface area contributed by atoms with Crippen LogP contribution in [0, 0.1) is 6.92 Å². The van der Waals surface area contributed by atoms with Crippen molar-refractivity contribution in [2.45, 2.75) is 6.92 Å². The fourth-order valence-electron chi connectivity index (χ4n) is 1.93. The van der Waals surface area contributed by atoms with Crippen molar-refractivity contribution in [1.29, 1.82) is 0 Å². The molecule has 102 valence electrons. The Morgan fingerprint density at radius 2 is 2.26 bits per heavy atom. The summed E-state index contributed by atoms with van der Waals surface area (Å²) in [6, 6.07) is 7.95. The van der Waals surface area contributed by atoms with Crippen LogP contribution in [0.4, 0.5) is 0 Å². The standard InChI is InChI=1S/C14H19N3O2/c1-12-3-2-4-13(9-12)10-15-16-14(18)11-17-5-7-19-8-6-17/h2-4,9-10H,5-8,11H2,1H3,(H,16,18). The molecule has 1 saturated heterocycles. The summed E-state index contributed by atoms with van der Waals surface area (Å²) in [7, 11) is 0. The van der Waals surface area contributed by atoms with Gasteiger partial charge in [0.25, 0.3) is 5.91 Å². The molecule has 19 heavy (non-hydrogen) atoms. The van der Waals surface area contributed by atoms with E-state index in [1.54, 1.807) is 6.21 Å². The number of rotatable bonds is 4. The van der Waals surface area contributed by atoms with Gasteiger partial charge < -0.3 is 4.74 Å². The predicted octanol–water partition coefficient (Wildman–Crippen LogP) is 0.777. The molecule has 0 aliphatic carbocycles. The number of nitrogens with zero attached hydrogens (tertiary/aromatic N) is 2. The zero-order chi connectivity index (χ0) is 13.5. The molecule has 1 amide bonds. The first-order chi connectivity index (χ1) is 9.24. The molecule has 2 rings (SSSR count). The van der Waals surface area contributed by atoms with Gasteiger partial charge >= 0.3 is 0 Å². The van der Waals surface area contributed by atoms with Gasteiger partial charge in [0.1, 0.15) is 0 Å². The van der Waals surface area contributed by atoms with Crippen molar-refractivity contribution in [3.05, 3.63) is 35.4 Å². The van der Waals surface area contributed by atoms with E-state index in [9.17, 15) is 4.79 Å². The molecule has 5 nitrogen and oxygen atoms in total. The number of ether oxygens (including phenoxy) is 1. The number of carbonyl (C=O) groups is 1. The second-order valence-corrected chi connectivity index (χ2v) is 4.60. The fraction of sp³-hybridized carbons (Fsp3) is 0.429. The van der Waals surface area contributed by atoms with Crippen LogP contribution in [0.3, 0.4) is 0 Å². The Kier molecular flexibility index (Phi) is 5.06. The third kappa shape index (κ3) is 4.81. The third-order valence-electron chi connectivity index (χ3n) is 2.92. The van der Waals surface area contributed by atoms with E-state index in [-0.39, 0.29) is 5.91 Å². The van der Waals surface area contributed by atoms with Crippen molar-refractivity contribution < 1.29 is 9.53 Å². The van der Waals surface area contributed by atoms with E-state index in [0.29, 0.717) is 19.8 Å². The van der Waals surface area contributed by atoms with Crippen LogP contribution in [0.5, 0.6) is 0 Å². The number of hydrogen-bond donors (Lipinski definition) is 1. The van der Waals surface area contributed by atoms with Gasteiger partial charge in [-0.2, -0.15) is 5.10 Å². The molecule has 0 radical (unpaired) electrons. The summed E-state index contributed by atoms with van der Waals surface area (Å²) in [5.74, 6) is -0.0918. The van der Waals surface area contributed by atoms with Crippen LogP contribution in [-0.4, -0.2) is 49.9 Å². The van der Waals surface area contributed by atoms with E-state index in [4.69, 9.17) is 4.74 Å². The molecule has 1 fully saturated rings. The first-order valence-corrected chi connectivity index (χ1v) is 6.43. The van der Waals surface area contributed by atoms with Gasteiger partial charge in [-0.25, -0.2) is 5.43 Å². The first kappa shape index (κ1) is 13.7. The SMILES string of the molecule is Cc1cccc(C=NNC(=O)CN2CCOCC2)c1. The van der Waals surface area contributed by atoms with Gasteiger partial charge in [0.15, 0.2) is 0 Å². The number of hydrogen-bond acceptors (Lipinski definition) is 4. The molecule has 1 N–H and O–H groups in total. The number of aryl methyl sites for hydroxylation is 1. The highest BCUT2D eigenvalue weighted by molar-refractivity contribution is 5.83. The van der Waals surface area contributed by atoms with E-state index in [1.165, 1.54) is 5.56 Å². The first-order valence-electron chi connectivity index (χ1n) is 6.43. The Morgan fingerprint density at radius 3 is 3.00 bits per heavy atom. The maximum atomic E-state index is 11.7. The molecule has 1 aliphatic rings. The van der Waals surface area contributed by atoms with E-state index >= 15 is 0 Å². The lowest BCUT2D eigenvalue weighted by molar-refractivity contribution is -0.123. The molecule has 1 aromatic carbocycles. The largest absolute Gasteiger partial charge is 0.379 e. The number of carbonyl (C=O) groups excluding carboxylic acids is 1. The molecular formula is C14H19N3O2. The van der Waals surface area contributed by atoms with Gasteiger partial charge in [-0.05, 0) is 12.5 Å². The van der Waals surface area contributed by atoms with Crippen LogP contribution in [0.2, 0.25) is 0 Å². The smallest absolute Gasteiger partial charge is 0.254 e. The Labute approximate surface area is 113 Å². The van der Waals surface area contributed by atoms with Gasteiger partial charge in [-0.15, -0.1) is 0 Å². The van der Waals surface area contributed by atoms with Crippen LogP contribution in [0.1, 0.15) is 11.1 Å². The van der Waals surface area contributed by atoms with Gasteiger partial charge in [-0.1, -0.05) is 29.8 Å². The molecule has 1 aliphatic heterocycles. The van der Waals surface area contributed by atoms with Gasteiger partial charge in [0, 0.05) is 13.1 Å². The molecule has 0 bridgehead atoms. The second kappa shape index (κ2) is 7.01. The number of hydrazone groups is 1. The van der Waals surface area contributed by atoms with Crippen molar-refractivity contribution in [3.8, 4) is 0 Å². The quantitative estimate of drug-likeness (QED) is 0.643. The molecular weight excluding hydrogens is 242 g/mol. The number of benzene rings is 1. The van der Waals surface area contributed by atoms with Crippen LogP contribution in [0.25, 0.3) is 0 Å². The predicted molar refractivity (Wildman–Crippen MR) is 74.2 cm³/mol. The highest BCUT2D eigenvalue weighted by Crippen LogP contribution is 2.00. The topological polar surface area (TPSA) is 53.9 Å². The Morgan fingerprint density at radius 1 is 1.47 bits per heavy atom. The van der Waals surface area contributed by atoms with E-state index in [2.05, 4.69) is 15.4 Å². The Hall–Kier alpha value is -1.72. The maximum Gasteiger partial charge on any atom is 0.254 e. The normalized spacial score (nSPS) is 16.7. The molecule has 0 spiro atoms. The fourth-order valence-corrected chi connectivity index (χ4v) is 1.93. The van der Waals surface area contributed by atoms with E-state index < -0.39 is 0 Å². The van der Waals surface area contributed by atoms with Crippen molar-refractivity contribution in [1.82, 2.24) is 10.3 Å². The zero-order valence-corrected chi connectivity index (χ0v) is 11.1. The zero-order valence-electron chi connectivity index (χ0n) is 11.1. The Bertz CT molecular complexity index is 454. The number of morpholine rings is 1. The Balaban J connectivity index is 1.76. The van der Waals surface area contributed by atoms with E-state index in [1.807, 2.05) is 31.2 Å². The highest BCUT2D eigenvalue weighted by atomic mass is 16.5. The lowest BCUT2D eigenvalue weighted by Gasteiger charge is -2.25. The average molecular weight is 261 g/mol. The van der Waals surface area contributed by atoms with Crippen LogP contribution in [-0.2, 0) is 9.53 Å². The summed E-state index contributed by atoms with van der Waals surface area (Å²) in [6.07, 6.45) is 1.66. The third-order valence-corrected chi connectivity index (χ3v) is 2.92. The minimum Gasteiger partial charge on any atom is -0.379 e.